The maximum Gasteiger partial charge on any atom is 0.326 e. The number of benzene rings is 4. The molecule has 6 rings (SSSR count). The van der Waals surface area contributed by atoms with Gasteiger partial charge in [-0.2, -0.15) is 23.5 Å². The molecular weight excluding hydrogens is 877 g/mol. The Morgan fingerprint density at radius 1 is 0.585 bits per heavy atom. The summed E-state index contributed by atoms with van der Waals surface area (Å²) in [6.45, 7) is 6.56. The minimum Gasteiger partial charge on any atom is -0.490 e. The Morgan fingerprint density at radius 2 is 0.969 bits per heavy atom. The van der Waals surface area contributed by atoms with E-state index in [1.165, 1.54) is 18.7 Å². The number of ketones is 2. The first-order valence-corrected chi connectivity index (χ1v) is 23.1. The Kier molecular flexibility index (Phi) is 18.0. The average Bonchev–Trinajstić information content (AvgIpc) is 3.70. The zero-order valence-electron chi connectivity index (χ0n) is 36.4. The summed E-state index contributed by atoms with van der Waals surface area (Å²) in [6.07, 6.45) is 0. The van der Waals surface area contributed by atoms with E-state index in [0.29, 0.717) is 28.4 Å². The van der Waals surface area contributed by atoms with Crippen molar-refractivity contribution in [2.75, 3.05) is 62.5 Å². The standard InChI is InChI=1S/C24H25NO7S.C24H25NO6S/c1-3-33-15-24(2,30)21(27)16-8-10-17(11-9-16)31-12-13-32-20(26)14-25-22(28)18-6-4-5-7-19(18)23(25)29;1-3-32-15-16(2)22(27)17-8-10-18(11-9-17)30-12-13-31-21(26)14-25-23(28)19-6-4-5-7-20(19)24(25)29/h4-11,30H,3,12-15H2,1-2H3;4-11,16H,3,12-15H2,1-2H3. The van der Waals surface area contributed by atoms with Crippen molar-refractivity contribution >= 4 is 70.7 Å². The molecule has 342 valence electrons. The van der Waals surface area contributed by atoms with E-state index >= 15 is 0 Å². The largest absolute Gasteiger partial charge is 0.490 e. The predicted molar refractivity (Wildman–Crippen MR) is 244 cm³/mol. The van der Waals surface area contributed by atoms with Crippen molar-refractivity contribution in [3.05, 3.63) is 130 Å². The molecule has 15 nitrogen and oxygen atoms in total. The van der Waals surface area contributed by atoms with Gasteiger partial charge in [-0.1, -0.05) is 45.0 Å². The first-order valence-electron chi connectivity index (χ1n) is 20.8. The highest BCUT2D eigenvalue weighted by Gasteiger charge is 2.38. The Morgan fingerprint density at radius 3 is 1.35 bits per heavy atom. The van der Waals surface area contributed by atoms with Gasteiger partial charge < -0.3 is 24.1 Å². The number of hydrogen-bond acceptors (Lipinski definition) is 15. The number of nitrogens with zero attached hydrogens (tertiary/aromatic N) is 2. The molecule has 65 heavy (non-hydrogen) atoms. The third-order valence-electron chi connectivity index (χ3n) is 9.91. The number of esters is 2. The van der Waals surface area contributed by atoms with Gasteiger partial charge in [-0.3, -0.25) is 48.2 Å². The maximum absolute atomic E-state index is 12.5. The summed E-state index contributed by atoms with van der Waals surface area (Å²) in [7, 11) is 0. The van der Waals surface area contributed by atoms with Gasteiger partial charge in [0.25, 0.3) is 23.6 Å². The van der Waals surface area contributed by atoms with E-state index in [-0.39, 0.29) is 66.2 Å². The van der Waals surface area contributed by atoms with Gasteiger partial charge in [0.15, 0.2) is 11.6 Å². The number of rotatable bonds is 22. The molecule has 0 spiro atoms. The van der Waals surface area contributed by atoms with E-state index < -0.39 is 54.3 Å². The number of carbonyl (C=O) groups excluding carboxylic acids is 8. The molecule has 0 bridgehead atoms. The van der Waals surface area contributed by atoms with Crippen molar-refractivity contribution in [2.24, 2.45) is 5.92 Å². The molecule has 4 aromatic carbocycles. The van der Waals surface area contributed by atoms with Crippen LogP contribution in [-0.4, -0.2) is 130 Å². The van der Waals surface area contributed by atoms with Crippen LogP contribution in [0.4, 0.5) is 0 Å². The minimum atomic E-state index is -1.45. The van der Waals surface area contributed by atoms with Crippen molar-refractivity contribution in [1.29, 1.82) is 0 Å². The van der Waals surface area contributed by atoms with Gasteiger partial charge >= 0.3 is 11.9 Å². The lowest BCUT2D eigenvalue weighted by atomic mass is 9.97. The molecular formula is C48H50N2O13S2. The second-order valence-electron chi connectivity index (χ2n) is 14.8. The van der Waals surface area contributed by atoms with E-state index in [2.05, 4.69) is 6.92 Å². The summed E-state index contributed by atoms with van der Waals surface area (Å²) in [5.41, 5.74) is 0.669. The van der Waals surface area contributed by atoms with Crippen molar-refractivity contribution in [3.63, 3.8) is 0 Å². The molecule has 2 aliphatic heterocycles. The fraction of sp³-hybridized carbons (Fsp3) is 0.333. The van der Waals surface area contributed by atoms with Crippen molar-refractivity contribution in [2.45, 2.75) is 33.3 Å². The van der Waals surface area contributed by atoms with Gasteiger partial charge in [-0.15, -0.1) is 0 Å². The molecule has 2 heterocycles. The highest BCUT2D eigenvalue weighted by molar-refractivity contribution is 7.99. The van der Waals surface area contributed by atoms with Crippen LogP contribution in [0.2, 0.25) is 0 Å². The fourth-order valence-electron chi connectivity index (χ4n) is 6.50. The van der Waals surface area contributed by atoms with Gasteiger partial charge in [0, 0.05) is 28.6 Å². The van der Waals surface area contributed by atoms with Crippen LogP contribution >= 0.6 is 23.5 Å². The summed E-state index contributed by atoms with van der Waals surface area (Å²) in [5, 5.41) is 10.4. The highest BCUT2D eigenvalue weighted by Crippen LogP contribution is 2.25. The fourth-order valence-corrected chi connectivity index (χ4v) is 7.97. The molecule has 4 amide bonds. The topological polar surface area (TPSA) is 200 Å². The third kappa shape index (κ3) is 13.1. The molecule has 0 radical (unpaired) electrons. The van der Waals surface area contributed by atoms with E-state index in [4.69, 9.17) is 18.9 Å². The molecule has 0 saturated carbocycles. The molecule has 0 saturated heterocycles. The number of Topliss-reactive ketones (excluding diaryl/α,β-unsaturated/α-hetero) is 2. The zero-order valence-corrected chi connectivity index (χ0v) is 38.1. The van der Waals surface area contributed by atoms with E-state index in [0.717, 1.165) is 27.1 Å². The summed E-state index contributed by atoms with van der Waals surface area (Å²) < 4.78 is 21.2. The van der Waals surface area contributed by atoms with Gasteiger partial charge in [0.05, 0.1) is 22.3 Å². The number of amides is 4. The highest BCUT2D eigenvalue weighted by atomic mass is 32.2. The van der Waals surface area contributed by atoms with Crippen molar-refractivity contribution < 1.29 is 62.4 Å². The van der Waals surface area contributed by atoms with Crippen LogP contribution in [0.25, 0.3) is 0 Å². The monoisotopic (exact) mass is 926 g/mol. The van der Waals surface area contributed by atoms with Crippen LogP contribution in [0.5, 0.6) is 11.5 Å². The van der Waals surface area contributed by atoms with Crippen LogP contribution in [0, 0.1) is 5.92 Å². The van der Waals surface area contributed by atoms with Gasteiger partial charge in [0.2, 0.25) is 0 Å². The molecule has 0 aliphatic carbocycles. The van der Waals surface area contributed by atoms with E-state index in [1.807, 2.05) is 13.8 Å². The number of carbonyl (C=O) groups is 8. The van der Waals surface area contributed by atoms with Gasteiger partial charge in [0.1, 0.15) is 56.6 Å². The number of hydrogen-bond donors (Lipinski definition) is 1. The second-order valence-corrected chi connectivity index (χ2v) is 17.4. The average molecular weight is 927 g/mol. The summed E-state index contributed by atoms with van der Waals surface area (Å²) in [5.74, 6) is 0.121. The molecule has 2 unspecified atom stereocenters. The van der Waals surface area contributed by atoms with Crippen molar-refractivity contribution in [3.8, 4) is 11.5 Å². The lowest BCUT2D eigenvalue weighted by molar-refractivity contribution is -0.145. The SMILES string of the molecule is CCSCC(C)(O)C(=O)c1ccc(OCCOC(=O)CN2C(=O)c3ccccc3C2=O)cc1.CCSCC(C)C(=O)c1ccc(OCCOC(=O)CN2C(=O)c3ccccc3C2=O)cc1. The van der Waals surface area contributed by atoms with Crippen molar-refractivity contribution in [1.82, 2.24) is 9.80 Å². The molecule has 0 fully saturated rings. The summed E-state index contributed by atoms with van der Waals surface area (Å²) in [4.78, 5) is 99.8. The lowest BCUT2D eigenvalue weighted by Crippen LogP contribution is -2.37. The quantitative estimate of drug-likeness (QED) is 0.0412. The van der Waals surface area contributed by atoms with Crippen LogP contribution in [0.3, 0.4) is 0 Å². The molecule has 0 aromatic heterocycles. The summed E-state index contributed by atoms with van der Waals surface area (Å²) in [6, 6.07) is 26.0. The Balaban J connectivity index is 0.000000244. The smallest absolute Gasteiger partial charge is 0.326 e. The number of fused-ring (bicyclic) bond motifs is 2. The molecule has 1 N–H and O–H groups in total. The molecule has 4 aromatic rings. The Bertz CT molecular complexity index is 2310. The maximum atomic E-state index is 12.5. The number of aliphatic hydroxyl groups is 1. The van der Waals surface area contributed by atoms with E-state index in [1.54, 1.807) is 109 Å². The zero-order chi connectivity index (χ0) is 47.1. The van der Waals surface area contributed by atoms with Crippen LogP contribution in [-0.2, 0) is 19.1 Å². The normalized spacial score (nSPS) is 14.1. The molecule has 17 heteroatoms. The van der Waals surface area contributed by atoms with Crippen LogP contribution in [0.15, 0.2) is 97.1 Å². The number of thioether (sulfide) groups is 2. The van der Waals surface area contributed by atoms with Gasteiger partial charge in [-0.25, -0.2) is 0 Å². The van der Waals surface area contributed by atoms with Crippen LogP contribution < -0.4 is 9.47 Å². The minimum absolute atomic E-state index is 0.0338. The lowest BCUT2D eigenvalue weighted by Gasteiger charge is -2.21. The number of imide groups is 2. The molecule has 2 aliphatic rings. The van der Waals surface area contributed by atoms with E-state index in [9.17, 15) is 43.5 Å². The summed E-state index contributed by atoms with van der Waals surface area (Å²) >= 11 is 3.22. The Labute approximate surface area is 385 Å². The Hall–Kier alpha value is -6.30. The first kappa shape index (κ1) is 49.7. The second kappa shape index (κ2) is 23.6. The van der Waals surface area contributed by atoms with Crippen LogP contribution in [0.1, 0.15) is 89.8 Å². The predicted octanol–water partition coefficient (Wildman–Crippen LogP) is 6.07. The molecule has 2 atom stereocenters. The first-order chi connectivity index (χ1) is 31.2. The number of ether oxygens (including phenoxy) is 4. The third-order valence-corrected chi connectivity index (χ3v) is 12.2. The van der Waals surface area contributed by atoms with Gasteiger partial charge in [-0.05, 0) is 91.2 Å².